The summed E-state index contributed by atoms with van der Waals surface area (Å²) in [7, 11) is 0. The highest BCUT2D eigenvalue weighted by Gasteiger charge is 2.52. The molecule has 0 N–H and O–H groups in total. The minimum absolute atomic E-state index is 0.281. The van der Waals surface area contributed by atoms with E-state index in [0.29, 0.717) is 23.0 Å². The van der Waals surface area contributed by atoms with Crippen LogP contribution in [0.15, 0.2) is 109 Å². The van der Waals surface area contributed by atoms with Crippen molar-refractivity contribution in [3.8, 4) is 12.1 Å². The first-order valence-corrected chi connectivity index (χ1v) is 10.9. The van der Waals surface area contributed by atoms with E-state index in [0.717, 1.165) is 0 Å². The lowest BCUT2D eigenvalue weighted by Crippen LogP contribution is -2.40. The first-order chi connectivity index (χ1) is 15.8. The zero-order valence-electron chi connectivity index (χ0n) is 17.6. The topological polar surface area (TPSA) is 47.6 Å². The zero-order valence-corrected chi connectivity index (χ0v) is 17.6. The van der Waals surface area contributed by atoms with E-state index in [1.807, 2.05) is 24.3 Å². The summed E-state index contributed by atoms with van der Waals surface area (Å²) in [6.07, 6.45) is 0. The molecule has 2 heteroatoms. The minimum Gasteiger partial charge on any atom is -0.192 e. The lowest BCUT2D eigenvalue weighted by Gasteiger charge is -2.54. The summed E-state index contributed by atoms with van der Waals surface area (Å²) in [5.41, 5.74) is 6.53. The molecule has 2 nitrogen and oxygen atoms in total. The van der Waals surface area contributed by atoms with Crippen LogP contribution in [0.3, 0.4) is 0 Å². The predicted octanol–water partition coefficient (Wildman–Crippen LogP) is 6.88. The Morgan fingerprint density at radius 2 is 0.656 bits per heavy atom. The maximum Gasteiger partial charge on any atom is 0.0991 e. The van der Waals surface area contributed by atoms with Crippen LogP contribution in [0.2, 0.25) is 0 Å². The quantitative estimate of drug-likeness (QED) is 0.368. The van der Waals surface area contributed by atoms with Crippen LogP contribution in [-0.4, -0.2) is 0 Å². The van der Waals surface area contributed by atoms with Gasteiger partial charge in [-0.15, -0.1) is 0 Å². The third kappa shape index (κ3) is 3.47. The second kappa shape index (κ2) is 8.54. The molecule has 0 saturated heterocycles. The van der Waals surface area contributed by atoms with Crippen molar-refractivity contribution >= 4 is 0 Å². The van der Waals surface area contributed by atoms with Crippen LogP contribution in [0.25, 0.3) is 0 Å². The molecule has 0 aliphatic heterocycles. The normalized spacial score (nSPS) is 21.7. The van der Waals surface area contributed by atoms with E-state index in [-0.39, 0.29) is 11.8 Å². The Labute approximate surface area is 189 Å². The van der Waals surface area contributed by atoms with Gasteiger partial charge in [0.15, 0.2) is 0 Å². The lowest BCUT2D eigenvalue weighted by atomic mass is 9.49. The fourth-order valence-corrected chi connectivity index (χ4v) is 5.32. The van der Waals surface area contributed by atoms with Crippen LogP contribution in [0, 0.1) is 22.7 Å². The molecule has 32 heavy (non-hydrogen) atoms. The van der Waals surface area contributed by atoms with Crippen LogP contribution in [-0.2, 0) is 0 Å². The van der Waals surface area contributed by atoms with Gasteiger partial charge in [0.25, 0.3) is 0 Å². The molecule has 1 aliphatic carbocycles. The van der Waals surface area contributed by atoms with Gasteiger partial charge in [0.1, 0.15) is 0 Å². The van der Waals surface area contributed by atoms with Gasteiger partial charge < -0.3 is 0 Å². The maximum absolute atomic E-state index is 9.26. The van der Waals surface area contributed by atoms with Crippen LogP contribution >= 0.6 is 0 Å². The number of nitrogens with zero attached hydrogens (tertiary/aromatic N) is 2. The Bertz CT molecular complexity index is 1170. The Kier molecular flexibility index (Phi) is 5.29. The van der Waals surface area contributed by atoms with Crippen molar-refractivity contribution in [2.24, 2.45) is 0 Å². The minimum atomic E-state index is 0.281. The van der Waals surface area contributed by atoms with E-state index >= 15 is 0 Å². The Morgan fingerprint density at radius 3 is 0.938 bits per heavy atom. The van der Waals surface area contributed by atoms with Gasteiger partial charge in [-0.05, 0) is 70.2 Å². The number of hydrogen-bond acceptors (Lipinski definition) is 2. The average Bonchev–Trinajstić information content (AvgIpc) is 2.86. The SMILES string of the molecule is N#Cc1ccc(C2C(c3ccccc3)C(c3ccccc3)C2c2ccc(C#N)cc2)cc1. The summed E-state index contributed by atoms with van der Waals surface area (Å²) in [5.74, 6) is 1.21. The third-order valence-electron chi connectivity index (χ3n) is 6.77. The van der Waals surface area contributed by atoms with Crippen molar-refractivity contribution in [1.82, 2.24) is 0 Å². The Hall–Kier alpha value is -4.14. The second-order valence-electron chi connectivity index (χ2n) is 8.39. The molecule has 152 valence electrons. The summed E-state index contributed by atoms with van der Waals surface area (Å²) in [6.45, 7) is 0. The van der Waals surface area contributed by atoms with E-state index in [1.165, 1.54) is 22.3 Å². The highest BCUT2D eigenvalue weighted by Crippen LogP contribution is 2.66. The second-order valence-corrected chi connectivity index (χ2v) is 8.39. The Balaban J connectivity index is 1.66. The van der Waals surface area contributed by atoms with E-state index in [2.05, 4.69) is 97.1 Å². The molecule has 4 aromatic rings. The summed E-state index contributed by atoms with van der Waals surface area (Å²) in [6, 6.07) is 42.1. The fraction of sp³-hybridized carbons (Fsp3) is 0.133. The fourth-order valence-electron chi connectivity index (χ4n) is 5.32. The molecule has 1 fully saturated rings. The van der Waals surface area contributed by atoms with Crippen molar-refractivity contribution in [2.45, 2.75) is 23.7 Å². The van der Waals surface area contributed by atoms with Gasteiger partial charge in [-0.1, -0.05) is 84.9 Å². The smallest absolute Gasteiger partial charge is 0.0991 e. The summed E-state index contributed by atoms with van der Waals surface area (Å²) in [5, 5.41) is 18.5. The largest absolute Gasteiger partial charge is 0.192 e. The van der Waals surface area contributed by atoms with Crippen LogP contribution in [0.4, 0.5) is 0 Å². The van der Waals surface area contributed by atoms with Gasteiger partial charge in [-0.3, -0.25) is 0 Å². The standard InChI is InChI=1S/C30H22N2/c31-19-21-11-15-25(16-12-21)29-27(23-7-3-1-4-8-23)28(24-9-5-2-6-10-24)30(29)26-17-13-22(20-32)14-18-26/h1-18,27-30H. The Morgan fingerprint density at radius 1 is 0.375 bits per heavy atom. The molecule has 0 bridgehead atoms. The number of hydrogen-bond donors (Lipinski definition) is 0. The van der Waals surface area contributed by atoms with Crippen molar-refractivity contribution in [2.75, 3.05) is 0 Å². The number of nitriles is 2. The van der Waals surface area contributed by atoms with Crippen LogP contribution in [0.1, 0.15) is 57.1 Å². The highest BCUT2D eigenvalue weighted by atomic mass is 14.5. The van der Waals surface area contributed by atoms with Crippen LogP contribution in [0.5, 0.6) is 0 Å². The molecule has 1 saturated carbocycles. The van der Waals surface area contributed by atoms with Gasteiger partial charge >= 0.3 is 0 Å². The molecule has 0 aromatic heterocycles. The summed E-state index contributed by atoms with van der Waals surface area (Å²) in [4.78, 5) is 0. The molecular weight excluding hydrogens is 388 g/mol. The van der Waals surface area contributed by atoms with Gasteiger partial charge in [-0.25, -0.2) is 0 Å². The molecule has 5 rings (SSSR count). The van der Waals surface area contributed by atoms with Crippen LogP contribution < -0.4 is 0 Å². The number of rotatable bonds is 4. The maximum atomic E-state index is 9.26. The number of benzene rings is 4. The van der Waals surface area contributed by atoms with Crippen molar-refractivity contribution in [3.05, 3.63) is 143 Å². The highest BCUT2D eigenvalue weighted by molar-refractivity contribution is 5.49. The van der Waals surface area contributed by atoms with Crippen molar-refractivity contribution in [3.63, 3.8) is 0 Å². The molecule has 4 unspecified atom stereocenters. The van der Waals surface area contributed by atoms with Gasteiger partial charge in [0.05, 0.1) is 23.3 Å². The molecule has 0 amide bonds. The first-order valence-electron chi connectivity index (χ1n) is 10.9. The van der Waals surface area contributed by atoms with E-state index in [9.17, 15) is 10.5 Å². The van der Waals surface area contributed by atoms with E-state index in [1.54, 1.807) is 0 Å². The van der Waals surface area contributed by atoms with Crippen molar-refractivity contribution in [1.29, 1.82) is 10.5 Å². The molecule has 4 aromatic carbocycles. The molecule has 0 heterocycles. The molecule has 0 radical (unpaired) electrons. The summed E-state index contributed by atoms with van der Waals surface area (Å²) < 4.78 is 0. The van der Waals surface area contributed by atoms with Crippen molar-refractivity contribution < 1.29 is 0 Å². The van der Waals surface area contributed by atoms with Gasteiger partial charge in [0.2, 0.25) is 0 Å². The van der Waals surface area contributed by atoms with E-state index in [4.69, 9.17) is 0 Å². The monoisotopic (exact) mass is 410 g/mol. The molecule has 4 atom stereocenters. The predicted molar refractivity (Wildman–Crippen MR) is 126 cm³/mol. The van der Waals surface area contributed by atoms with Gasteiger partial charge in [-0.2, -0.15) is 10.5 Å². The molecule has 0 spiro atoms. The van der Waals surface area contributed by atoms with Gasteiger partial charge in [0, 0.05) is 0 Å². The third-order valence-corrected chi connectivity index (χ3v) is 6.77. The van der Waals surface area contributed by atoms with E-state index < -0.39 is 0 Å². The summed E-state index contributed by atoms with van der Waals surface area (Å²) >= 11 is 0. The zero-order chi connectivity index (χ0) is 21.9. The first kappa shape index (κ1) is 19.8. The average molecular weight is 411 g/mol. The molecule has 1 aliphatic rings. The molecular formula is C30H22N2. The lowest BCUT2D eigenvalue weighted by molar-refractivity contribution is 0.229.